The van der Waals surface area contributed by atoms with E-state index in [0.29, 0.717) is 38.5 Å². The van der Waals surface area contributed by atoms with Crippen LogP contribution >= 0.6 is 0 Å². The normalized spacial score (nSPS) is 31.2. The van der Waals surface area contributed by atoms with Gasteiger partial charge in [-0.25, -0.2) is 4.79 Å². The number of carboxylic acid groups (broad SMARTS) is 1. The highest BCUT2D eigenvalue weighted by molar-refractivity contribution is 5.71. The molecule has 0 saturated carbocycles. The predicted molar refractivity (Wildman–Crippen MR) is 248 cm³/mol. The molecule has 21 nitrogen and oxygen atoms in total. The Balaban J connectivity index is 1.52. The van der Waals surface area contributed by atoms with Crippen LogP contribution in [0.1, 0.15) is 163 Å². The van der Waals surface area contributed by atoms with Crippen LogP contribution in [0, 0.1) is 5.92 Å². The van der Waals surface area contributed by atoms with Crippen molar-refractivity contribution in [2.24, 2.45) is 5.92 Å². The number of hydrogen-bond donors (Lipinski definition) is 10. The number of carboxylic acids is 1. The number of carbonyl (C=O) groups is 3. The second kappa shape index (κ2) is 33.6. The van der Waals surface area contributed by atoms with E-state index in [1.807, 2.05) is 6.92 Å². The maximum absolute atomic E-state index is 12.4. The molecule has 3 rings (SSSR count). The number of hydrogen-bond acceptors (Lipinski definition) is 20. The largest absolute Gasteiger partial charge is 0.479 e. The van der Waals surface area contributed by atoms with Crippen molar-refractivity contribution in [3.8, 4) is 0 Å². The second-order valence-corrected chi connectivity index (χ2v) is 19.7. The van der Waals surface area contributed by atoms with Crippen molar-refractivity contribution in [2.45, 2.75) is 267 Å². The maximum Gasteiger partial charge on any atom is 0.332 e. The lowest BCUT2D eigenvalue weighted by Gasteiger charge is -2.46. The van der Waals surface area contributed by atoms with Gasteiger partial charge in [-0.15, -0.1) is 0 Å². The highest BCUT2D eigenvalue weighted by atomic mass is 16.8. The molecule has 10 N–H and O–H groups in total. The molecule has 0 spiro atoms. The first-order valence-corrected chi connectivity index (χ1v) is 25.9. The molecule has 0 aromatic rings. The summed E-state index contributed by atoms with van der Waals surface area (Å²) in [5, 5.41) is 106. The molecule has 0 aliphatic carbocycles. The van der Waals surface area contributed by atoms with Gasteiger partial charge in [-0.2, -0.15) is 0 Å². The summed E-state index contributed by atoms with van der Waals surface area (Å²) in [6.07, 6.45) is -7.77. The molecular formula is C49H88O21. The van der Waals surface area contributed by atoms with Crippen LogP contribution in [-0.2, 0) is 52.3 Å². The van der Waals surface area contributed by atoms with Gasteiger partial charge in [-0.05, 0) is 44.4 Å². The lowest BCUT2D eigenvalue weighted by Crippen LogP contribution is -2.65. The van der Waals surface area contributed by atoms with Crippen LogP contribution in [0.25, 0.3) is 0 Å². The van der Waals surface area contributed by atoms with Gasteiger partial charge < -0.3 is 89.0 Å². The molecule has 70 heavy (non-hydrogen) atoms. The van der Waals surface area contributed by atoms with Gasteiger partial charge in [0, 0.05) is 13.3 Å². The molecule has 0 bridgehead atoms. The zero-order valence-electron chi connectivity index (χ0n) is 41.8. The molecule has 0 amide bonds. The molecule has 410 valence electrons. The summed E-state index contributed by atoms with van der Waals surface area (Å²) in [7, 11) is 0. The summed E-state index contributed by atoms with van der Waals surface area (Å²) < 4.78 is 46.5. The van der Waals surface area contributed by atoms with E-state index in [1.54, 1.807) is 13.8 Å². The van der Waals surface area contributed by atoms with E-state index >= 15 is 0 Å². The van der Waals surface area contributed by atoms with Crippen LogP contribution in [0.4, 0.5) is 0 Å². The minimum absolute atomic E-state index is 0.0403. The fraction of sp³-hybridized carbons (Fsp3) is 0.939. The second-order valence-electron chi connectivity index (χ2n) is 19.7. The SMILES string of the molecule is CCCC[C@@H](CCC[C@H](O)C(O)CCCCCCCCCCCCCC[C@@H](O)C(=O)O)O[C@H]1OC[C@H](O)[C@@H](O)[C@@H]1O[C@H]1OC[C@H](O)[C@@H](O)[C@@H]1O[C@H]1O[C@@H](COC(=O)CC(C)C)[C@H](OC(C)=O)[C@@H](O)[C@@H]1O. The van der Waals surface area contributed by atoms with E-state index in [9.17, 15) is 60.3 Å². The highest BCUT2D eigenvalue weighted by Crippen LogP contribution is 2.33. The Morgan fingerprint density at radius 2 is 1.07 bits per heavy atom. The summed E-state index contributed by atoms with van der Waals surface area (Å²) >= 11 is 0. The van der Waals surface area contributed by atoms with E-state index in [4.69, 9.17) is 43.0 Å². The fourth-order valence-electron chi connectivity index (χ4n) is 8.85. The molecule has 3 aliphatic heterocycles. The van der Waals surface area contributed by atoms with Crippen molar-refractivity contribution < 1.29 is 103 Å². The van der Waals surface area contributed by atoms with Crippen molar-refractivity contribution in [3.63, 3.8) is 0 Å². The van der Waals surface area contributed by atoms with Gasteiger partial charge in [0.25, 0.3) is 0 Å². The van der Waals surface area contributed by atoms with Gasteiger partial charge in [0.15, 0.2) is 31.1 Å². The summed E-state index contributed by atoms with van der Waals surface area (Å²) in [5.41, 5.74) is 0. The lowest BCUT2D eigenvalue weighted by molar-refractivity contribution is -0.380. The van der Waals surface area contributed by atoms with Crippen molar-refractivity contribution in [2.75, 3.05) is 19.8 Å². The monoisotopic (exact) mass is 1010 g/mol. The van der Waals surface area contributed by atoms with Gasteiger partial charge in [0.2, 0.25) is 0 Å². The van der Waals surface area contributed by atoms with Crippen molar-refractivity contribution in [1.82, 2.24) is 0 Å². The number of ether oxygens (including phenoxy) is 8. The Kier molecular flexibility index (Phi) is 29.8. The van der Waals surface area contributed by atoms with Crippen molar-refractivity contribution >= 4 is 17.9 Å². The molecular weight excluding hydrogens is 925 g/mol. The molecule has 3 aliphatic rings. The minimum atomic E-state index is -1.91. The van der Waals surface area contributed by atoms with Gasteiger partial charge in [0.1, 0.15) is 61.5 Å². The van der Waals surface area contributed by atoms with Gasteiger partial charge >= 0.3 is 17.9 Å². The first-order chi connectivity index (χ1) is 33.3. The number of aliphatic hydroxyl groups excluding tert-OH is 9. The lowest BCUT2D eigenvalue weighted by atomic mass is 9.98. The number of carbonyl (C=O) groups excluding carboxylic acids is 2. The van der Waals surface area contributed by atoms with Gasteiger partial charge in [0.05, 0.1) is 31.5 Å². The Labute approximate surface area is 413 Å². The molecule has 3 heterocycles. The van der Waals surface area contributed by atoms with E-state index < -0.39 is 135 Å². The van der Waals surface area contributed by atoms with Crippen LogP contribution < -0.4 is 0 Å². The zero-order valence-corrected chi connectivity index (χ0v) is 41.8. The average Bonchev–Trinajstić information content (AvgIpc) is 3.31. The van der Waals surface area contributed by atoms with Gasteiger partial charge in [-0.1, -0.05) is 111 Å². The number of aliphatic hydroxyl groups is 9. The Bertz CT molecular complexity index is 1440. The Hall–Kier alpha value is -2.19. The molecule has 17 atom stereocenters. The quantitative estimate of drug-likeness (QED) is 0.0321. The third-order valence-corrected chi connectivity index (χ3v) is 13.1. The zero-order chi connectivity index (χ0) is 51.8. The van der Waals surface area contributed by atoms with E-state index in [-0.39, 0.29) is 18.9 Å². The number of rotatable bonds is 35. The van der Waals surface area contributed by atoms with E-state index in [0.717, 1.165) is 96.8 Å². The van der Waals surface area contributed by atoms with Crippen LogP contribution in [0.15, 0.2) is 0 Å². The summed E-state index contributed by atoms with van der Waals surface area (Å²) in [4.78, 5) is 35.0. The topological polar surface area (TPSA) is 327 Å². The third-order valence-electron chi connectivity index (χ3n) is 13.1. The minimum Gasteiger partial charge on any atom is -0.479 e. The van der Waals surface area contributed by atoms with E-state index in [1.165, 1.54) is 0 Å². The molecule has 0 aromatic heterocycles. The van der Waals surface area contributed by atoms with Crippen LogP contribution in [0.5, 0.6) is 0 Å². The molecule has 21 heteroatoms. The van der Waals surface area contributed by atoms with Gasteiger partial charge in [-0.3, -0.25) is 9.59 Å². The summed E-state index contributed by atoms with van der Waals surface area (Å²) in [6, 6.07) is 0. The van der Waals surface area contributed by atoms with Crippen LogP contribution in [-0.4, -0.2) is 193 Å². The number of esters is 2. The first-order valence-electron chi connectivity index (χ1n) is 25.9. The Morgan fingerprint density at radius 3 is 1.60 bits per heavy atom. The Morgan fingerprint density at radius 1 is 0.586 bits per heavy atom. The first kappa shape index (κ1) is 62.1. The number of unbranched alkanes of at least 4 members (excludes halogenated alkanes) is 12. The maximum atomic E-state index is 12.4. The summed E-state index contributed by atoms with van der Waals surface area (Å²) in [5.74, 6) is -2.62. The average molecular weight is 1010 g/mol. The standard InChI is InChI=1S/C49H88O21/c1-5-6-20-31(21-19-24-33(52)32(51)22-17-15-13-11-9-7-8-10-12-14-16-18-23-34(53)46(61)62)67-48-44(39(57)35(54)26-64-48)70-49-45(40(58)36(55)27-65-49)69-47-42(60)41(59)43(66-30(4)50)37(68-47)28-63-38(56)25-29(2)3/h29,31-37,39-45,47-49,51-55,57-60H,5-28H2,1-4H3,(H,61,62)/t31-,32?,33-,34+,35-,36-,37-,39+,40+,41-,42-,43-,44-,45-,47+,48+,49+/m0/s1. The predicted octanol–water partition coefficient (Wildman–Crippen LogP) is 2.26. The fourth-order valence-corrected chi connectivity index (χ4v) is 8.85. The highest BCUT2D eigenvalue weighted by Gasteiger charge is 2.52. The molecule has 0 radical (unpaired) electrons. The van der Waals surface area contributed by atoms with Crippen LogP contribution in [0.3, 0.4) is 0 Å². The molecule has 3 saturated heterocycles. The summed E-state index contributed by atoms with van der Waals surface area (Å²) in [6.45, 7) is 5.41. The van der Waals surface area contributed by atoms with E-state index in [2.05, 4.69) is 0 Å². The number of aliphatic carboxylic acids is 1. The molecule has 1 unspecified atom stereocenters. The smallest absolute Gasteiger partial charge is 0.332 e. The van der Waals surface area contributed by atoms with Crippen molar-refractivity contribution in [1.29, 1.82) is 0 Å². The third kappa shape index (κ3) is 22.1. The molecule has 3 fully saturated rings. The molecule has 0 aromatic carbocycles. The van der Waals surface area contributed by atoms with Crippen LogP contribution in [0.2, 0.25) is 0 Å². The van der Waals surface area contributed by atoms with Crippen molar-refractivity contribution in [3.05, 3.63) is 0 Å².